The van der Waals surface area contributed by atoms with Crippen molar-refractivity contribution in [2.75, 3.05) is 11.9 Å². The van der Waals surface area contributed by atoms with Crippen LogP contribution in [-0.4, -0.2) is 28.6 Å². The first-order valence-electron chi connectivity index (χ1n) is 5.31. The van der Waals surface area contributed by atoms with Gasteiger partial charge in [-0.3, -0.25) is 0 Å². The Balaban J connectivity index is 3.05. The van der Waals surface area contributed by atoms with E-state index >= 15 is 0 Å². The van der Waals surface area contributed by atoms with Crippen LogP contribution in [0.25, 0.3) is 0 Å². The second-order valence-electron chi connectivity index (χ2n) is 4.43. The smallest absolute Gasteiger partial charge is 0.335 e. The maximum absolute atomic E-state index is 10.8. The molecule has 0 atom stereocenters. The van der Waals surface area contributed by atoms with Crippen molar-refractivity contribution >= 4 is 11.8 Å². The number of aromatic nitrogens is 1. The molecule has 0 aromatic carbocycles. The average molecular weight is 222 g/mol. The van der Waals surface area contributed by atoms with Gasteiger partial charge in [0.15, 0.2) is 0 Å². The number of carbonyl (C=O) groups is 1. The maximum Gasteiger partial charge on any atom is 0.335 e. The van der Waals surface area contributed by atoms with E-state index < -0.39 is 5.97 Å². The van der Waals surface area contributed by atoms with Gasteiger partial charge in [-0.05, 0) is 32.4 Å². The Bertz CT molecular complexity index is 388. The monoisotopic (exact) mass is 222 g/mol. The third kappa shape index (κ3) is 2.51. The van der Waals surface area contributed by atoms with Gasteiger partial charge in [-0.2, -0.15) is 0 Å². The highest BCUT2D eigenvalue weighted by Gasteiger charge is 2.22. The number of carboxylic acids is 1. The molecule has 0 unspecified atom stereocenters. The van der Waals surface area contributed by atoms with Crippen molar-refractivity contribution in [3.63, 3.8) is 0 Å². The van der Waals surface area contributed by atoms with Crippen molar-refractivity contribution in [1.82, 2.24) is 4.98 Å². The zero-order chi connectivity index (χ0) is 12.3. The van der Waals surface area contributed by atoms with E-state index in [1.165, 1.54) is 12.3 Å². The lowest BCUT2D eigenvalue weighted by molar-refractivity contribution is 0.0696. The normalized spacial score (nSPS) is 11.2. The minimum Gasteiger partial charge on any atom is -0.478 e. The summed E-state index contributed by atoms with van der Waals surface area (Å²) in [5.74, 6) is -0.238. The number of aromatic carboxylic acids is 1. The van der Waals surface area contributed by atoms with Gasteiger partial charge in [-0.25, -0.2) is 9.78 Å². The maximum atomic E-state index is 10.8. The lowest BCUT2D eigenvalue weighted by Gasteiger charge is -2.35. The molecule has 0 saturated carbocycles. The molecule has 0 aliphatic heterocycles. The molecule has 4 nitrogen and oxygen atoms in total. The molecular weight excluding hydrogens is 204 g/mol. The molecular formula is C12H18N2O2. The average Bonchev–Trinajstić information content (AvgIpc) is 2.28. The standard InChI is InChI=1S/C12H18N2O2/c1-5-12(2,3)14(4)10-8-9(11(15)16)6-7-13-10/h6-8H,5H2,1-4H3,(H,15,16). The van der Waals surface area contributed by atoms with Crippen LogP contribution in [0.4, 0.5) is 5.82 Å². The molecule has 0 aliphatic rings. The highest BCUT2D eigenvalue weighted by atomic mass is 16.4. The molecule has 1 aromatic heterocycles. The number of nitrogens with zero attached hydrogens (tertiary/aromatic N) is 2. The van der Waals surface area contributed by atoms with Crippen molar-refractivity contribution in [2.24, 2.45) is 0 Å². The second-order valence-corrected chi connectivity index (χ2v) is 4.43. The van der Waals surface area contributed by atoms with Crippen LogP contribution in [-0.2, 0) is 0 Å². The Morgan fingerprint density at radius 3 is 2.69 bits per heavy atom. The zero-order valence-corrected chi connectivity index (χ0v) is 10.2. The van der Waals surface area contributed by atoms with Crippen molar-refractivity contribution in [3.05, 3.63) is 23.9 Å². The minimum atomic E-state index is -0.925. The van der Waals surface area contributed by atoms with Gasteiger partial charge < -0.3 is 10.0 Å². The summed E-state index contributed by atoms with van der Waals surface area (Å²) in [4.78, 5) is 17.0. The van der Waals surface area contributed by atoms with Crippen LogP contribution in [0.2, 0.25) is 0 Å². The highest BCUT2D eigenvalue weighted by Crippen LogP contribution is 2.23. The Kier molecular flexibility index (Phi) is 3.52. The largest absolute Gasteiger partial charge is 0.478 e. The van der Waals surface area contributed by atoms with Gasteiger partial charge in [-0.15, -0.1) is 0 Å². The van der Waals surface area contributed by atoms with E-state index in [0.29, 0.717) is 5.82 Å². The first kappa shape index (κ1) is 12.5. The third-order valence-electron chi connectivity index (χ3n) is 3.11. The quantitative estimate of drug-likeness (QED) is 0.850. The van der Waals surface area contributed by atoms with E-state index in [4.69, 9.17) is 5.11 Å². The van der Waals surface area contributed by atoms with Gasteiger partial charge in [-0.1, -0.05) is 6.92 Å². The lowest BCUT2D eigenvalue weighted by atomic mass is 10.00. The van der Waals surface area contributed by atoms with Crippen molar-refractivity contribution in [2.45, 2.75) is 32.7 Å². The number of anilines is 1. The van der Waals surface area contributed by atoms with Crippen molar-refractivity contribution in [3.8, 4) is 0 Å². The number of carboxylic acid groups (broad SMARTS) is 1. The summed E-state index contributed by atoms with van der Waals surface area (Å²) in [7, 11) is 1.93. The van der Waals surface area contributed by atoms with Gasteiger partial charge in [0, 0.05) is 18.8 Å². The van der Waals surface area contributed by atoms with Crippen LogP contribution in [0.1, 0.15) is 37.6 Å². The first-order valence-corrected chi connectivity index (χ1v) is 5.31. The van der Waals surface area contributed by atoms with Crippen LogP contribution < -0.4 is 4.90 Å². The van der Waals surface area contributed by atoms with Crippen molar-refractivity contribution in [1.29, 1.82) is 0 Å². The molecule has 16 heavy (non-hydrogen) atoms. The van der Waals surface area contributed by atoms with Gasteiger partial charge >= 0.3 is 5.97 Å². The summed E-state index contributed by atoms with van der Waals surface area (Å²) < 4.78 is 0. The minimum absolute atomic E-state index is 0.0376. The Morgan fingerprint density at radius 2 is 2.19 bits per heavy atom. The SMILES string of the molecule is CCC(C)(C)N(C)c1cc(C(=O)O)ccn1. The van der Waals surface area contributed by atoms with Gasteiger partial charge in [0.1, 0.15) is 5.82 Å². The number of hydrogen-bond acceptors (Lipinski definition) is 3. The van der Waals surface area contributed by atoms with Crippen LogP contribution in [0.5, 0.6) is 0 Å². The number of rotatable bonds is 4. The lowest BCUT2D eigenvalue weighted by Crippen LogP contribution is -2.41. The predicted octanol–water partition coefficient (Wildman–Crippen LogP) is 2.40. The molecule has 88 valence electrons. The van der Waals surface area contributed by atoms with Crippen LogP contribution in [0, 0.1) is 0 Å². The van der Waals surface area contributed by atoms with Gasteiger partial charge in [0.05, 0.1) is 5.56 Å². The summed E-state index contributed by atoms with van der Waals surface area (Å²) in [6.45, 7) is 6.29. The highest BCUT2D eigenvalue weighted by molar-refractivity contribution is 5.88. The fraction of sp³-hybridized carbons (Fsp3) is 0.500. The Labute approximate surface area is 95.9 Å². The second kappa shape index (κ2) is 4.51. The molecule has 1 rings (SSSR count). The van der Waals surface area contributed by atoms with Crippen LogP contribution >= 0.6 is 0 Å². The summed E-state index contributed by atoms with van der Waals surface area (Å²) in [5, 5.41) is 8.90. The summed E-state index contributed by atoms with van der Waals surface area (Å²) >= 11 is 0. The molecule has 0 radical (unpaired) electrons. The fourth-order valence-corrected chi connectivity index (χ4v) is 1.28. The van der Waals surface area contributed by atoms with Crippen LogP contribution in [0.15, 0.2) is 18.3 Å². The summed E-state index contributed by atoms with van der Waals surface area (Å²) in [6, 6.07) is 3.10. The van der Waals surface area contributed by atoms with E-state index in [9.17, 15) is 4.79 Å². The van der Waals surface area contributed by atoms with E-state index in [0.717, 1.165) is 6.42 Å². The zero-order valence-electron chi connectivity index (χ0n) is 10.2. The van der Waals surface area contributed by atoms with E-state index in [1.807, 2.05) is 11.9 Å². The molecule has 4 heteroatoms. The molecule has 0 aliphatic carbocycles. The predicted molar refractivity (Wildman–Crippen MR) is 64.0 cm³/mol. The number of pyridine rings is 1. The molecule has 0 saturated heterocycles. The molecule has 1 aromatic rings. The van der Waals surface area contributed by atoms with E-state index in [-0.39, 0.29) is 11.1 Å². The van der Waals surface area contributed by atoms with Gasteiger partial charge in [0.2, 0.25) is 0 Å². The van der Waals surface area contributed by atoms with Crippen molar-refractivity contribution < 1.29 is 9.90 Å². The Morgan fingerprint density at radius 1 is 1.56 bits per heavy atom. The first-order chi connectivity index (χ1) is 7.38. The third-order valence-corrected chi connectivity index (χ3v) is 3.11. The molecule has 1 N–H and O–H groups in total. The molecule has 0 spiro atoms. The topological polar surface area (TPSA) is 53.4 Å². The summed E-state index contributed by atoms with van der Waals surface area (Å²) in [6.07, 6.45) is 2.49. The number of hydrogen-bond donors (Lipinski definition) is 1. The fourth-order valence-electron chi connectivity index (χ4n) is 1.28. The molecule has 0 amide bonds. The molecule has 0 fully saturated rings. The Hall–Kier alpha value is -1.58. The van der Waals surface area contributed by atoms with E-state index in [1.54, 1.807) is 6.07 Å². The van der Waals surface area contributed by atoms with E-state index in [2.05, 4.69) is 25.8 Å². The molecule has 0 bridgehead atoms. The van der Waals surface area contributed by atoms with Crippen LogP contribution in [0.3, 0.4) is 0 Å². The summed E-state index contributed by atoms with van der Waals surface area (Å²) in [5.41, 5.74) is 0.230. The van der Waals surface area contributed by atoms with Gasteiger partial charge in [0.25, 0.3) is 0 Å². The molecule has 1 heterocycles.